The molecule has 2 heterocycles. The van der Waals surface area contributed by atoms with Crippen LogP contribution in [0.25, 0.3) is 22.0 Å². The van der Waals surface area contributed by atoms with Gasteiger partial charge in [-0.15, -0.1) is 21.5 Å². The maximum absolute atomic E-state index is 13.0. The van der Waals surface area contributed by atoms with Gasteiger partial charge in [0.25, 0.3) is 5.89 Å². The van der Waals surface area contributed by atoms with Crippen molar-refractivity contribution in [1.82, 2.24) is 15.2 Å². The molecule has 4 aromatic rings. The predicted molar refractivity (Wildman–Crippen MR) is 101 cm³/mol. The van der Waals surface area contributed by atoms with E-state index < -0.39 is 5.97 Å². The van der Waals surface area contributed by atoms with Crippen molar-refractivity contribution in [2.24, 2.45) is 0 Å². The van der Waals surface area contributed by atoms with Crippen LogP contribution < -0.4 is 0 Å². The summed E-state index contributed by atoms with van der Waals surface area (Å²) in [5.74, 6) is -0.370. The van der Waals surface area contributed by atoms with Gasteiger partial charge in [-0.25, -0.2) is 14.2 Å². The molecule has 0 aliphatic heterocycles. The van der Waals surface area contributed by atoms with Gasteiger partial charge in [-0.05, 0) is 43.3 Å². The van der Waals surface area contributed by atoms with Crippen LogP contribution in [0.15, 0.2) is 58.3 Å². The fourth-order valence-electron chi connectivity index (χ4n) is 2.50. The fraction of sp³-hybridized carbons (Fsp3) is 0.100. The maximum atomic E-state index is 13.0. The number of aryl methyl sites for hydroxylation is 1. The van der Waals surface area contributed by atoms with Gasteiger partial charge in [0.15, 0.2) is 12.3 Å². The van der Waals surface area contributed by atoms with Crippen LogP contribution in [0.1, 0.15) is 21.9 Å². The zero-order valence-electron chi connectivity index (χ0n) is 14.8. The Hall–Kier alpha value is -3.39. The number of carbonyl (C=O) groups is 1. The third kappa shape index (κ3) is 3.96. The highest BCUT2D eigenvalue weighted by atomic mass is 32.1. The van der Waals surface area contributed by atoms with Crippen LogP contribution >= 0.6 is 11.3 Å². The molecule has 0 radical (unpaired) electrons. The second-order valence-electron chi connectivity index (χ2n) is 5.99. The summed E-state index contributed by atoms with van der Waals surface area (Å²) in [5, 5.41) is 10.1. The van der Waals surface area contributed by atoms with Crippen LogP contribution in [0.2, 0.25) is 0 Å². The minimum Gasteiger partial charge on any atom is -0.451 e. The molecule has 0 bridgehead atoms. The first kappa shape index (κ1) is 18.0. The lowest BCUT2D eigenvalue weighted by Gasteiger charge is -1.99. The molecule has 0 unspecified atom stereocenters. The van der Waals surface area contributed by atoms with Crippen LogP contribution in [0.5, 0.6) is 0 Å². The molecule has 0 atom stereocenters. The third-order valence-corrected chi connectivity index (χ3v) is 4.75. The van der Waals surface area contributed by atoms with Crippen LogP contribution in [0.4, 0.5) is 4.39 Å². The molecule has 0 aliphatic carbocycles. The van der Waals surface area contributed by atoms with Crippen LogP contribution in [0.3, 0.4) is 0 Å². The number of ether oxygens (including phenoxy) is 1. The summed E-state index contributed by atoms with van der Waals surface area (Å²) < 4.78 is 23.8. The van der Waals surface area contributed by atoms with E-state index in [1.54, 1.807) is 17.5 Å². The maximum Gasteiger partial charge on any atom is 0.358 e. The molecule has 0 amide bonds. The Kier molecular flexibility index (Phi) is 4.94. The summed E-state index contributed by atoms with van der Waals surface area (Å²) in [5.41, 5.74) is 2.77. The predicted octanol–water partition coefficient (Wildman–Crippen LogP) is 4.66. The number of hydrogen-bond acceptors (Lipinski definition) is 7. The molecule has 0 spiro atoms. The third-order valence-electron chi connectivity index (χ3n) is 3.86. The molecule has 2 aromatic carbocycles. The molecule has 8 heteroatoms. The van der Waals surface area contributed by atoms with E-state index in [0.717, 1.165) is 16.7 Å². The zero-order chi connectivity index (χ0) is 19.5. The zero-order valence-corrected chi connectivity index (χ0v) is 15.6. The molecule has 0 fully saturated rings. The van der Waals surface area contributed by atoms with E-state index in [9.17, 15) is 9.18 Å². The Bertz CT molecular complexity index is 1120. The van der Waals surface area contributed by atoms with Gasteiger partial charge in [0.2, 0.25) is 5.89 Å². The van der Waals surface area contributed by atoms with E-state index in [4.69, 9.17) is 9.15 Å². The van der Waals surface area contributed by atoms with E-state index in [1.807, 2.05) is 31.2 Å². The van der Waals surface area contributed by atoms with Gasteiger partial charge < -0.3 is 9.15 Å². The van der Waals surface area contributed by atoms with E-state index >= 15 is 0 Å². The average Bonchev–Trinajstić information content (AvgIpc) is 3.37. The number of aromatic nitrogens is 3. The Labute approximate surface area is 163 Å². The van der Waals surface area contributed by atoms with Gasteiger partial charge in [-0.1, -0.05) is 17.7 Å². The standard InChI is InChI=1S/C20H14FN3O3S/c1-12-3-2-4-14(9-12)18-24-23-17(27-18)10-26-20(25)16-11-28-19(22-16)13-5-7-15(21)8-6-13/h2-9,11H,10H2,1H3. The molecule has 2 aromatic heterocycles. The van der Waals surface area contributed by atoms with Gasteiger partial charge in [0, 0.05) is 16.5 Å². The molecule has 4 rings (SSSR count). The van der Waals surface area contributed by atoms with Gasteiger partial charge in [0.05, 0.1) is 0 Å². The smallest absolute Gasteiger partial charge is 0.358 e. The number of thiazole rings is 1. The minimum atomic E-state index is -0.597. The lowest BCUT2D eigenvalue weighted by molar-refractivity contribution is 0.0433. The summed E-state index contributed by atoms with van der Waals surface area (Å²) in [4.78, 5) is 16.5. The minimum absolute atomic E-state index is 0.152. The number of benzene rings is 2. The van der Waals surface area contributed by atoms with Crippen LogP contribution in [-0.4, -0.2) is 21.2 Å². The highest BCUT2D eigenvalue weighted by molar-refractivity contribution is 7.13. The number of rotatable bonds is 5. The second-order valence-corrected chi connectivity index (χ2v) is 6.85. The number of esters is 1. The summed E-state index contributed by atoms with van der Waals surface area (Å²) in [7, 11) is 0. The largest absolute Gasteiger partial charge is 0.451 e. The van der Waals surface area contributed by atoms with Crippen molar-refractivity contribution >= 4 is 17.3 Å². The van der Waals surface area contributed by atoms with E-state index in [0.29, 0.717) is 10.9 Å². The number of nitrogens with zero attached hydrogens (tertiary/aromatic N) is 3. The van der Waals surface area contributed by atoms with Crippen molar-refractivity contribution in [3.8, 4) is 22.0 Å². The first-order valence-corrected chi connectivity index (χ1v) is 9.24. The van der Waals surface area contributed by atoms with Gasteiger partial charge in [0.1, 0.15) is 10.8 Å². The van der Waals surface area contributed by atoms with Crippen molar-refractivity contribution in [3.05, 3.63) is 76.9 Å². The molecule has 140 valence electrons. The van der Waals surface area contributed by atoms with Crippen LogP contribution in [0, 0.1) is 12.7 Å². The Morgan fingerprint density at radius 1 is 1.14 bits per heavy atom. The van der Waals surface area contributed by atoms with E-state index in [2.05, 4.69) is 15.2 Å². The molecule has 0 saturated carbocycles. The Morgan fingerprint density at radius 2 is 1.96 bits per heavy atom. The van der Waals surface area contributed by atoms with E-state index in [1.165, 1.54) is 23.5 Å². The number of carbonyl (C=O) groups excluding carboxylic acids is 1. The molecule has 0 saturated heterocycles. The van der Waals surface area contributed by atoms with Gasteiger partial charge >= 0.3 is 5.97 Å². The first-order valence-electron chi connectivity index (χ1n) is 8.36. The summed E-state index contributed by atoms with van der Waals surface area (Å²) in [6.07, 6.45) is 0. The Balaban J connectivity index is 1.40. The van der Waals surface area contributed by atoms with E-state index in [-0.39, 0.29) is 24.0 Å². The van der Waals surface area contributed by atoms with Gasteiger partial charge in [-0.3, -0.25) is 0 Å². The van der Waals surface area contributed by atoms with Crippen molar-refractivity contribution in [1.29, 1.82) is 0 Å². The highest BCUT2D eigenvalue weighted by Crippen LogP contribution is 2.24. The monoisotopic (exact) mass is 395 g/mol. The van der Waals surface area contributed by atoms with Gasteiger partial charge in [-0.2, -0.15) is 0 Å². The summed E-state index contributed by atoms with van der Waals surface area (Å²) >= 11 is 1.28. The quantitative estimate of drug-likeness (QED) is 0.457. The fourth-order valence-corrected chi connectivity index (χ4v) is 3.30. The second kappa shape index (κ2) is 7.69. The van der Waals surface area contributed by atoms with Crippen molar-refractivity contribution in [2.45, 2.75) is 13.5 Å². The molecule has 6 nitrogen and oxygen atoms in total. The lowest BCUT2D eigenvalue weighted by atomic mass is 10.1. The Morgan fingerprint density at radius 3 is 2.75 bits per heavy atom. The molecule has 0 N–H and O–H groups in total. The number of hydrogen-bond donors (Lipinski definition) is 0. The molecular weight excluding hydrogens is 381 g/mol. The summed E-state index contributed by atoms with van der Waals surface area (Å²) in [6.45, 7) is 1.82. The van der Waals surface area contributed by atoms with Crippen molar-refractivity contribution in [2.75, 3.05) is 0 Å². The molecular formula is C20H14FN3O3S. The SMILES string of the molecule is Cc1cccc(-c2nnc(COC(=O)c3csc(-c4ccc(F)cc4)n3)o2)c1. The molecule has 28 heavy (non-hydrogen) atoms. The topological polar surface area (TPSA) is 78.1 Å². The average molecular weight is 395 g/mol. The highest BCUT2D eigenvalue weighted by Gasteiger charge is 2.16. The van der Waals surface area contributed by atoms with Crippen LogP contribution in [-0.2, 0) is 11.3 Å². The van der Waals surface area contributed by atoms with Crippen molar-refractivity contribution in [3.63, 3.8) is 0 Å². The number of halogens is 1. The van der Waals surface area contributed by atoms with Crippen molar-refractivity contribution < 1.29 is 18.3 Å². The molecule has 0 aliphatic rings. The summed E-state index contributed by atoms with van der Waals surface area (Å²) in [6, 6.07) is 13.6. The normalized spacial score (nSPS) is 10.8. The first-order chi connectivity index (χ1) is 13.6. The lowest BCUT2D eigenvalue weighted by Crippen LogP contribution is -2.05.